The Balaban J connectivity index is 3.70. The van der Waals surface area contributed by atoms with Crippen LogP contribution in [0.3, 0.4) is 0 Å². The van der Waals surface area contributed by atoms with Crippen LogP contribution in [-0.2, 0) is 0 Å². The van der Waals surface area contributed by atoms with Gasteiger partial charge in [0.2, 0.25) is 5.63 Å². The minimum absolute atomic E-state index is 0.153. The van der Waals surface area contributed by atoms with Gasteiger partial charge >= 0.3 is 5.25 Å². The van der Waals surface area contributed by atoms with Crippen molar-refractivity contribution in [3.8, 4) is 0 Å². The third kappa shape index (κ3) is 3.20. The molecule has 0 N–H and O–H groups in total. The van der Waals surface area contributed by atoms with Crippen molar-refractivity contribution in [3.05, 3.63) is 0 Å². The predicted octanol–water partition coefficient (Wildman–Crippen LogP) is 2.87. The van der Waals surface area contributed by atoms with Crippen LogP contribution in [-0.4, -0.2) is 16.6 Å². The van der Waals surface area contributed by atoms with Gasteiger partial charge in [-0.2, -0.15) is 8.78 Å². The van der Waals surface area contributed by atoms with Crippen LogP contribution in [0.1, 0.15) is 6.92 Å². The van der Waals surface area contributed by atoms with Gasteiger partial charge in [0, 0.05) is 0 Å². The molecule has 0 bridgehead atoms. The zero-order chi connectivity index (χ0) is 7.49. The summed E-state index contributed by atoms with van der Waals surface area (Å²) in [7, 11) is 0. The van der Waals surface area contributed by atoms with E-state index in [2.05, 4.69) is 11.6 Å². The molecule has 0 aliphatic heterocycles. The topological polar surface area (TPSA) is 0 Å². The third-order valence-electron chi connectivity index (χ3n) is 0.591. The van der Waals surface area contributed by atoms with E-state index in [1.807, 2.05) is 0 Å². The molecule has 9 heavy (non-hydrogen) atoms. The summed E-state index contributed by atoms with van der Waals surface area (Å²) in [5, 5.41) is -3.43. The molecule has 0 heterocycles. The lowest BCUT2D eigenvalue weighted by atomic mass is 10.8. The van der Waals surface area contributed by atoms with E-state index in [-0.39, 0.29) is 17.5 Å². The molecule has 0 saturated carbocycles. The average molecular weight is 179 g/mol. The summed E-state index contributed by atoms with van der Waals surface area (Å²) in [6, 6.07) is 0. The van der Waals surface area contributed by atoms with Crippen molar-refractivity contribution in [1.29, 1.82) is 0 Å². The van der Waals surface area contributed by atoms with Crippen LogP contribution in [0.5, 0.6) is 0 Å². The third-order valence-corrected chi connectivity index (χ3v) is 1.87. The molecule has 0 rings (SSSR count). The van der Waals surface area contributed by atoms with E-state index >= 15 is 0 Å². The first-order valence-corrected chi connectivity index (χ1v) is 3.73. The van der Waals surface area contributed by atoms with Crippen LogP contribution in [0.25, 0.3) is 0 Å². The normalized spacial score (nSPS) is 15.7. The van der Waals surface area contributed by atoms with Crippen molar-refractivity contribution in [2.75, 3.05) is 5.75 Å². The fourth-order valence-corrected chi connectivity index (χ4v) is 0.955. The lowest BCUT2D eigenvalue weighted by Crippen LogP contribution is -2.20. The first-order chi connectivity index (χ1) is 4.00. The van der Waals surface area contributed by atoms with Gasteiger partial charge in [0.25, 0.3) is 0 Å². The van der Waals surface area contributed by atoms with Crippen LogP contribution < -0.4 is 0 Å². The Morgan fingerprint density at radius 1 is 1.67 bits per heavy atom. The van der Waals surface area contributed by atoms with E-state index < -0.39 is 10.9 Å². The molecule has 5 heteroatoms. The lowest BCUT2D eigenvalue weighted by molar-refractivity contribution is 0.0538. The van der Waals surface area contributed by atoms with Crippen LogP contribution >= 0.6 is 23.4 Å². The Morgan fingerprint density at radius 3 is 2.22 bits per heavy atom. The highest BCUT2D eigenvalue weighted by atomic mass is 35.5. The first-order valence-electron chi connectivity index (χ1n) is 2.30. The molecule has 0 amide bonds. The van der Waals surface area contributed by atoms with E-state index in [0.717, 1.165) is 0 Å². The van der Waals surface area contributed by atoms with E-state index in [1.54, 1.807) is 0 Å². The molecule has 1 unspecified atom stereocenters. The molecule has 0 radical (unpaired) electrons. The zero-order valence-corrected chi connectivity index (χ0v) is 6.28. The average Bonchev–Trinajstić information content (AvgIpc) is 1.65. The number of alkyl halides is 4. The molecule has 0 aliphatic carbocycles. The van der Waals surface area contributed by atoms with E-state index in [4.69, 9.17) is 0 Å². The SMILES string of the molecule is CCSC(F)(F)C(F)Cl. The smallest absolute Gasteiger partial charge is 0.222 e. The molecule has 0 fully saturated rings. The van der Waals surface area contributed by atoms with Crippen molar-refractivity contribution >= 4 is 23.4 Å². The van der Waals surface area contributed by atoms with E-state index in [9.17, 15) is 13.2 Å². The summed E-state index contributed by atoms with van der Waals surface area (Å²) >= 11 is 4.71. The van der Waals surface area contributed by atoms with Crippen molar-refractivity contribution in [2.24, 2.45) is 0 Å². The molecule has 0 nitrogen and oxygen atoms in total. The van der Waals surface area contributed by atoms with Gasteiger partial charge in [-0.3, -0.25) is 0 Å². The van der Waals surface area contributed by atoms with Crippen LogP contribution in [0, 0.1) is 0 Å². The number of halogens is 4. The van der Waals surface area contributed by atoms with E-state index in [1.165, 1.54) is 6.92 Å². The second-order valence-corrected chi connectivity index (χ2v) is 3.09. The van der Waals surface area contributed by atoms with Crippen molar-refractivity contribution in [3.63, 3.8) is 0 Å². The Kier molecular flexibility index (Phi) is 3.73. The Morgan fingerprint density at radius 2 is 2.11 bits per heavy atom. The minimum atomic E-state index is -3.43. The molecular weight excluding hydrogens is 173 g/mol. The molecule has 56 valence electrons. The van der Waals surface area contributed by atoms with Gasteiger partial charge in [0.05, 0.1) is 0 Å². The van der Waals surface area contributed by atoms with Crippen LogP contribution in [0.4, 0.5) is 13.2 Å². The molecule has 0 aromatic carbocycles. The summed E-state index contributed by atoms with van der Waals surface area (Å²) in [6.45, 7) is 1.51. The zero-order valence-electron chi connectivity index (χ0n) is 4.70. The molecule has 0 saturated heterocycles. The second-order valence-electron chi connectivity index (χ2n) is 1.30. The van der Waals surface area contributed by atoms with Crippen molar-refractivity contribution in [1.82, 2.24) is 0 Å². The Labute approximate surface area is 60.8 Å². The second kappa shape index (κ2) is 3.56. The number of thioether (sulfide) groups is 1. The molecule has 0 aromatic rings. The van der Waals surface area contributed by atoms with Crippen molar-refractivity contribution in [2.45, 2.75) is 17.8 Å². The van der Waals surface area contributed by atoms with Gasteiger partial charge in [-0.05, 0) is 5.75 Å². The van der Waals surface area contributed by atoms with Crippen LogP contribution in [0.15, 0.2) is 0 Å². The quantitative estimate of drug-likeness (QED) is 0.599. The minimum Gasteiger partial charge on any atom is -0.222 e. The predicted molar refractivity (Wildman–Crippen MR) is 33.8 cm³/mol. The highest BCUT2D eigenvalue weighted by Crippen LogP contribution is 2.35. The fourth-order valence-electron chi connectivity index (χ4n) is 0.255. The largest absolute Gasteiger partial charge is 0.338 e. The van der Waals surface area contributed by atoms with E-state index in [0.29, 0.717) is 0 Å². The van der Waals surface area contributed by atoms with Gasteiger partial charge in [-0.1, -0.05) is 30.3 Å². The molecule has 0 aliphatic rings. The van der Waals surface area contributed by atoms with Gasteiger partial charge in [0.1, 0.15) is 0 Å². The number of hydrogen-bond donors (Lipinski definition) is 0. The summed E-state index contributed by atoms with van der Waals surface area (Å²) in [5.41, 5.74) is -2.58. The lowest BCUT2D eigenvalue weighted by Gasteiger charge is -2.13. The maximum atomic E-state index is 12.0. The summed E-state index contributed by atoms with van der Waals surface area (Å²) in [6.07, 6.45) is 0. The summed E-state index contributed by atoms with van der Waals surface area (Å²) < 4.78 is 35.7. The molecule has 1 atom stereocenters. The maximum absolute atomic E-state index is 12.0. The van der Waals surface area contributed by atoms with Gasteiger partial charge < -0.3 is 0 Å². The summed E-state index contributed by atoms with van der Waals surface area (Å²) in [4.78, 5) is 0. The molecule has 0 spiro atoms. The highest BCUT2D eigenvalue weighted by molar-refractivity contribution is 8.00. The summed E-state index contributed by atoms with van der Waals surface area (Å²) in [5.74, 6) is 0.153. The van der Waals surface area contributed by atoms with Crippen molar-refractivity contribution < 1.29 is 13.2 Å². The monoisotopic (exact) mass is 178 g/mol. The van der Waals surface area contributed by atoms with Gasteiger partial charge in [0.15, 0.2) is 0 Å². The number of rotatable bonds is 3. The molecular formula is C4H6ClF3S. The standard InChI is InChI=1S/C4H6ClF3S/c1-2-9-4(7,8)3(5)6/h3H,2H2,1H3. The number of hydrogen-bond acceptors (Lipinski definition) is 1. The highest BCUT2D eigenvalue weighted by Gasteiger charge is 2.38. The van der Waals surface area contributed by atoms with Gasteiger partial charge in [-0.15, -0.1) is 0 Å². The first kappa shape index (κ1) is 9.43. The van der Waals surface area contributed by atoms with Crippen LogP contribution in [0.2, 0.25) is 0 Å². The molecule has 0 aromatic heterocycles. The van der Waals surface area contributed by atoms with Gasteiger partial charge in [-0.25, -0.2) is 4.39 Å². The Hall–Kier alpha value is 0.430. The fraction of sp³-hybridized carbons (Fsp3) is 1.00. The Bertz CT molecular complexity index is 85.9. The maximum Gasteiger partial charge on any atom is 0.338 e.